The monoisotopic (exact) mass is 373 g/mol. The summed E-state index contributed by atoms with van der Waals surface area (Å²) >= 11 is 0. The molecule has 2 aromatic rings. The molecule has 1 aliphatic rings. The van der Waals surface area contributed by atoms with Crippen molar-refractivity contribution in [3.63, 3.8) is 0 Å². The molecular weight excluding hydrogens is 346 g/mol. The predicted molar refractivity (Wildman–Crippen MR) is 111 cm³/mol. The van der Waals surface area contributed by atoms with Gasteiger partial charge in [0, 0.05) is 11.1 Å². The second-order valence-electron chi connectivity index (χ2n) is 6.80. The van der Waals surface area contributed by atoms with E-state index in [0.29, 0.717) is 0 Å². The maximum Gasteiger partial charge on any atom is 0.161 e. The first-order valence-corrected chi connectivity index (χ1v) is 8.98. The van der Waals surface area contributed by atoms with Crippen molar-refractivity contribution in [1.29, 1.82) is 0 Å². The van der Waals surface area contributed by atoms with Crippen LogP contribution in [0.15, 0.2) is 41.4 Å². The van der Waals surface area contributed by atoms with Crippen molar-refractivity contribution in [3.8, 4) is 11.5 Å². The van der Waals surface area contributed by atoms with Gasteiger partial charge in [0.2, 0.25) is 0 Å². The number of benzene rings is 2. The summed E-state index contributed by atoms with van der Waals surface area (Å²) in [5, 5.41) is 0. The fourth-order valence-corrected chi connectivity index (χ4v) is 3.57. The summed E-state index contributed by atoms with van der Waals surface area (Å²) < 4.78 is 11.1. The van der Waals surface area contributed by atoms with Gasteiger partial charge in [0.05, 0.1) is 25.5 Å². The minimum atomic E-state index is -0.0488. The lowest BCUT2D eigenvalue weighted by Gasteiger charge is -2.34. The lowest BCUT2D eigenvalue weighted by molar-refractivity contribution is 0.351. The Balaban J connectivity index is 0.00000243. The Morgan fingerprint density at radius 3 is 2.08 bits per heavy atom. The highest BCUT2D eigenvalue weighted by Gasteiger charge is 2.33. The van der Waals surface area contributed by atoms with Crippen molar-refractivity contribution in [2.24, 2.45) is 4.99 Å². The van der Waals surface area contributed by atoms with Gasteiger partial charge < -0.3 is 9.47 Å². The lowest BCUT2D eigenvalue weighted by Crippen LogP contribution is -2.34. The number of halogens is 1. The van der Waals surface area contributed by atoms with Crippen molar-refractivity contribution in [2.75, 3.05) is 14.2 Å². The molecule has 0 saturated carbocycles. The molecule has 0 saturated heterocycles. The van der Waals surface area contributed by atoms with Gasteiger partial charge in [-0.3, -0.25) is 4.99 Å². The number of aliphatic imine (C=N–C) groups is 1. The zero-order chi connectivity index (χ0) is 18.0. The average Bonchev–Trinajstić information content (AvgIpc) is 2.66. The van der Waals surface area contributed by atoms with E-state index in [4.69, 9.17) is 14.5 Å². The van der Waals surface area contributed by atoms with E-state index in [0.717, 1.165) is 47.6 Å². The first kappa shape index (κ1) is 20.3. The maximum absolute atomic E-state index is 5.53. The molecule has 1 aliphatic heterocycles. The Morgan fingerprint density at radius 2 is 1.54 bits per heavy atom. The van der Waals surface area contributed by atoms with Crippen LogP contribution in [0.5, 0.6) is 11.5 Å². The molecule has 0 aromatic heterocycles. The molecule has 3 rings (SSSR count). The van der Waals surface area contributed by atoms with E-state index in [9.17, 15) is 0 Å². The Hall–Kier alpha value is -2.00. The first-order chi connectivity index (χ1) is 12.1. The average molecular weight is 374 g/mol. The number of hydrogen-bond acceptors (Lipinski definition) is 3. The number of ether oxygens (including phenoxy) is 2. The molecular formula is C22H28ClNO2. The van der Waals surface area contributed by atoms with E-state index in [1.165, 1.54) is 11.1 Å². The van der Waals surface area contributed by atoms with Gasteiger partial charge >= 0.3 is 0 Å². The number of nitrogens with zero attached hydrogens (tertiary/aromatic N) is 1. The van der Waals surface area contributed by atoms with Gasteiger partial charge in [-0.15, -0.1) is 12.4 Å². The molecule has 0 N–H and O–H groups in total. The van der Waals surface area contributed by atoms with Crippen LogP contribution in [0.2, 0.25) is 0 Å². The van der Waals surface area contributed by atoms with E-state index in [2.05, 4.69) is 57.2 Å². The Kier molecular flexibility index (Phi) is 6.35. The molecule has 0 bridgehead atoms. The summed E-state index contributed by atoms with van der Waals surface area (Å²) in [5.74, 6) is 1.54. The highest BCUT2D eigenvalue weighted by molar-refractivity contribution is 6.15. The second-order valence-corrected chi connectivity index (χ2v) is 6.80. The SMILES string of the molecule is CCC1(CC)Cc2cc(OC)c(OC)cc2C(c2ccc(C)cc2)=N1.Cl. The van der Waals surface area contributed by atoms with Crippen LogP contribution in [0.3, 0.4) is 0 Å². The molecule has 0 amide bonds. The van der Waals surface area contributed by atoms with Crippen LogP contribution in [0.25, 0.3) is 0 Å². The summed E-state index contributed by atoms with van der Waals surface area (Å²) in [6.45, 7) is 6.56. The minimum absolute atomic E-state index is 0. The van der Waals surface area contributed by atoms with E-state index >= 15 is 0 Å². The fourth-order valence-electron chi connectivity index (χ4n) is 3.57. The van der Waals surface area contributed by atoms with E-state index in [-0.39, 0.29) is 17.9 Å². The van der Waals surface area contributed by atoms with Crippen LogP contribution < -0.4 is 9.47 Å². The minimum Gasteiger partial charge on any atom is -0.493 e. The van der Waals surface area contributed by atoms with Gasteiger partial charge in [0.1, 0.15) is 0 Å². The summed E-state index contributed by atoms with van der Waals surface area (Å²) in [6.07, 6.45) is 2.98. The quantitative estimate of drug-likeness (QED) is 0.703. The summed E-state index contributed by atoms with van der Waals surface area (Å²) in [6, 6.07) is 12.8. The normalized spacial score (nSPS) is 14.7. The molecule has 2 aromatic carbocycles. The van der Waals surface area contributed by atoms with Gasteiger partial charge in [0.25, 0.3) is 0 Å². The predicted octanol–water partition coefficient (Wildman–Crippen LogP) is 5.39. The van der Waals surface area contributed by atoms with Crippen LogP contribution in [0.1, 0.15) is 48.9 Å². The van der Waals surface area contributed by atoms with E-state index in [1.807, 2.05) is 0 Å². The van der Waals surface area contributed by atoms with E-state index in [1.54, 1.807) is 14.2 Å². The van der Waals surface area contributed by atoms with Crippen LogP contribution in [-0.2, 0) is 6.42 Å². The van der Waals surface area contributed by atoms with Crippen LogP contribution >= 0.6 is 12.4 Å². The van der Waals surface area contributed by atoms with Crippen molar-refractivity contribution < 1.29 is 9.47 Å². The van der Waals surface area contributed by atoms with Gasteiger partial charge in [0.15, 0.2) is 11.5 Å². The van der Waals surface area contributed by atoms with Crippen molar-refractivity contribution in [2.45, 2.75) is 45.6 Å². The molecule has 0 unspecified atom stereocenters. The first-order valence-electron chi connectivity index (χ1n) is 8.98. The number of aryl methyl sites for hydroxylation is 1. The van der Waals surface area contributed by atoms with Crippen LogP contribution in [-0.4, -0.2) is 25.5 Å². The molecule has 0 radical (unpaired) electrons. The molecule has 140 valence electrons. The topological polar surface area (TPSA) is 30.8 Å². The highest BCUT2D eigenvalue weighted by atomic mass is 35.5. The van der Waals surface area contributed by atoms with Gasteiger partial charge in [-0.1, -0.05) is 43.7 Å². The van der Waals surface area contributed by atoms with E-state index < -0.39 is 0 Å². The molecule has 0 fully saturated rings. The summed E-state index contributed by atoms with van der Waals surface area (Å²) in [7, 11) is 3.37. The second kappa shape index (κ2) is 8.13. The molecule has 0 atom stereocenters. The zero-order valence-corrected chi connectivity index (χ0v) is 17.1. The van der Waals surface area contributed by atoms with Gasteiger partial charge in [-0.25, -0.2) is 0 Å². The third-order valence-corrected chi connectivity index (χ3v) is 5.37. The largest absolute Gasteiger partial charge is 0.493 e. The fraction of sp³-hybridized carbons (Fsp3) is 0.409. The molecule has 26 heavy (non-hydrogen) atoms. The molecule has 0 spiro atoms. The van der Waals surface area contributed by atoms with Gasteiger partial charge in [-0.2, -0.15) is 0 Å². The number of rotatable bonds is 5. The van der Waals surface area contributed by atoms with Crippen molar-refractivity contribution in [3.05, 3.63) is 58.7 Å². The standard InChI is InChI=1S/C22H27NO2.ClH/c1-6-22(7-2)14-17-12-19(24-4)20(25-5)13-18(17)21(23-22)16-10-8-15(3)9-11-16;/h8-13H,6-7,14H2,1-5H3;1H. The summed E-state index contributed by atoms with van der Waals surface area (Å²) in [5.41, 5.74) is 5.86. The molecule has 3 nitrogen and oxygen atoms in total. The maximum atomic E-state index is 5.53. The number of hydrogen-bond donors (Lipinski definition) is 0. The van der Waals surface area contributed by atoms with Crippen LogP contribution in [0, 0.1) is 6.92 Å². The smallest absolute Gasteiger partial charge is 0.161 e. The van der Waals surface area contributed by atoms with Crippen molar-refractivity contribution >= 4 is 18.1 Å². The third kappa shape index (κ3) is 3.59. The highest BCUT2D eigenvalue weighted by Crippen LogP contribution is 2.39. The molecule has 1 heterocycles. The lowest BCUT2D eigenvalue weighted by atomic mass is 9.79. The molecule has 0 aliphatic carbocycles. The third-order valence-electron chi connectivity index (χ3n) is 5.37. The number of methoxy groups -OCH3 is 2. The van der Waals surface area contributed by atoms with Gasteiger partial charge in [-0.05, 0) is 43.9 Å². The zero-order valence-electron chi connectivity index (χ0n) is 16.3. The van der Waals surface area contributed by atoms with Crippen molar-refractivity contribution in [1.82, 2.24) is 0 Å². The molecule has 4 heteroatoms. The summed E-state index contributed by atoms with van der Waals surface area (Å²) in [4.78, 5) is 5.24. The number of fused-ring (bicyclic) bond motifs is 1. The van der Waals surface area contributed by atoms with Crippen LogP contribution in [0.4, 0.5) is 0 Å². The Labute approximate surface area is 162 Å². The Morgan fingerprint density at radius 1 is 0.962 bits per heavy atom. The Bertz CT molecular complexity index is 793.